The first kappa shape index (κ1) is 16.7. The van der Waals surface area contributed by atoms with Crippen molar-refractivity contribution in [3.8, 4) is 0 Å². The monoisotopic (exact) mass is 314 g/mol. The van der Waals surface area contributed by atoms with Gasteiger partial charge in [0.05, 0.1) is 11.1 Å². The molecule has 0 bridgehead atoms. The second-order valence-corrected chi connectivity index (χ2v) is 6.12. The van der Waals surface area contributed by atoms with Crippen LogP contribution in [-0.4, -0.2) is 42.2 Å². The number of rotatable bonds is 6. The van der Waals surface area contributed by atoms with E-state index in [9.17, 15) is 9.50 Å². The zero-order valence-corrected chi connectivity index (χ0v) is 13.2. The van der Waals surface area contributed by atoms with Gasteiger partial charge >= 0.3 is 0 Å². The molecule has 1 aromatic rings. The molecule has 0 aliphatic carbocycles. The maximum atomic E-state index is 13.4. The number of hydrogen-bond donors (Lipinski definition) is 2. The number of halogens is 2. The van der Waals surface area contributed by atoms with Gasteiger partial charge < -0.3 is 15.3 Å². The smallest absolute Gasteiger partial charge is 0.142 e. The van der Waals surface area contributed by atoms with Gasteiger partial charge in [0.1, 0.15) is 5.82 Å². The number of nitrogens with one attached hydrogen (secondary N) is 1. The molecular weight excluding hydrogens is 291 g/mol. The maximum absolute atomic E-state index is 13.4. The summed E-state index contributed by atoms with van der Waals surface area (Å²) in [6.07, 6.45) is 2.69. The SMILES string of the molecule is CCCN1CCC(NCC(O)c2ccc(Cl)c(F)c2)CC1. The van der Waals surface area contributed by atoms with Crippen LogP contribution >= 0.6 is 11.6 Å². The number of piperidine rings is 1. The third-order valence-corrected chi connectivity index (χ3v) is 4.36. The number of aliphatic hydroxyl groups is 1. The highest BCUT2D eigenvalue weighted by atomic mass is 35.5. The van der Waals surface area contributed by atoms with Crippen LogP contribution in [0.2, 0.25) is 5.02 Å². The van der Waals surface area contributed by atoms with Gasteiger partial charge in [0.15, 0.2) is 0 Å². The minimum absolute atomic E-state index is 0.0854. The van der Waals surface area contributed by atoms with Crippen molar-refractivity contribution in [1.29, 1.82) is 0 Å². The molecule has 1 unspecified atom stereocenters. The lowest BCUT2D eigenvalue weighted by molar-refractivity contribution is 0.151. The highest BCUT2D eigenvalue weighted by Gasteiger charge is 2.19. The van der Waals surface area contributed by atoms with Crippen LogP contribution in [0.4, 0.5) is 4.39 Å². The van der Waals surface area contributed by atoms with Crippen LogP contribution in [0.15, 0.2) is 18.2 Å². The van der Waals surface area contributed by atoms with E-state index in [-0.39, 0.29) is 5.02 Å². The van der Waals surface area contributed by atoms with E-state index in [4.69, 9.17) is 11.6 Å². The van der Waals surface area contributed by atoms with E-state index in [0.29, 0.717) is 18.2 Å². The van der Waals surface area contributed by atoms with E-state index < -0.39 is 11.9 Å². The van der Waals surface area contributed by atoms with Gasteiger partial charge in [-0.3, -0.25) is 0 Å². The predicted molar refractivity (Wildman–Crippen MR) is 84.1 cm³/mol. The molecule has 5 heteroatoms. The van der Waals surface area contributed by atoms with Crippen LogP contribution < -0.4 is 5.32 Å². The Morgan fingerprint density at radius 3 is 2.76 bits per heavy atom. The molecule has 0 aromatic heterocycles. The Balaban J connectivity index is 1.76. The fraction of sp³-hybridized carbons (Fsp3) is 0.625. The third-order valence-electron chi connectivity index (χ3n) is 4.06. The van der Waals surface area contributed by atoms with Crippen LogP contribution in [0.1, 0.15) is 37.9 Å². The molecule has 1 aliphatic rings. The molecule has 118 valence electrons. The summed E-state index contributed by atoms with van der Waals surface area (Å²) in [5, 5.41) is 13.6. The lowest BCUT2D eigenvalue weighted by Crippen LogP contribution is -2.43. The Kier molecular flexibility index (Phi) is 6.42. The van der Waals surface area contributed by atoms with Crippen molar-refractivity contribution in [2.45, 2.75) is 38.3 Å². The average Bonchev–Trinajstić information content (AvgIpc) is 2.49. The summed E-state index contributed by atoms with van der Waals surface area (Å²) in [5.74, 6) is -0.485. The molecular formula is C16H24ClFN2O. The van der Waals surface area contributed by atoms with Gasteiger partial charge in [0.2, 0.25) is 0 Å². The molecule has 21 heavy (non-hydrogen) atoms. The minimum Gasteiger partial charge on any atom is -0.387 e. The van der Waals surface area contributed by atoms with E-state index in [1.807, 2.05) is 0 Å². The topological polar surface area (TPSA) is 35.5 Å². The number of likely N-dealkylation sites (tertiary alicyclic amines) is 1. The standard InChI is InChI=1S/C16H24ClFN2O/c1-2-7-20-8-5-13(6-9-20)19-11-16(21)12-3-4-14(17)15(18)10-12/h3-4,10,13,16,19,21H,2,5-9,11H2,1H3. The molecule has 1 aliphatic heterocycles. The molecule has 0 amide bonds. The molecule has 0 saturated carbocycles. The minimum atomic E-state index is -0.703. The van der Waals surface area contributed by atoms with Crippen molar-refractivity contribution in [1.82, 2.24) is 10.2 Å². The highest BCUT2D eigenvalue weighted by molar-refractivity contribution is 6.30. The van der Waals surface area contributed by atoms with Crippen molar-refractivity contribution in [2.75, 3.05) is 26.2 Å². The average molecular weight is 315 g/mol. The summed E-state index contributed by atoms with van der Waals surface area (Å²) >= 11 is 5.65. The first-order valence-corrected chi connectivity index (χ1v) is 8.06. The fourth-order valence-corrected chi connectivity index (χ4v) is 2.91. The number of hydrogen-bond acceptors (Lipinski definition) is 3. The van der Waals surface area contributed by atoms with Crippen molar-refractivity contribution in [3.63, 3.8) is 0 Å². The van der Waals surface area contributed by atoms with E-state index >= 15 is 0 Å². The van der Waals surface area contributed by atoms with Crippen LogP contribution in [0.3, 0.4) is 0 Å². The van der Waals surface area contributed by atoms with Gasteiger partial charge in [-0.1, -0.05) is 24.6 Å². The Morgan fingerprint density at radius 2 is 2.14 bits per heavy atom. The summed E-state index contributed by atoms with van der Waals surface area (Å²) in [7, 11) is 0. The first-order valence-electron chi connectivity index (χ1n) is 7.69. The largest absolute Gasteiger partial charge is 0.387 e. The molecule has 1 aromatic carbocycles. The molecule has 0 spiro atoms. The third kappa shape index (κ3) is 4.92. The quantitative estimate of drug-likeness (QED) is 0.847. The summed E-state index contributed by atoms with van der Waals surface area (Å²) < 4.78 is 13.4. The van der Waals surface area contributed by atoms with Crippen LogP contribution in [0.5, 0.6) is 0 Å². The number of nitrogens with zero attached hydrogens (tertiary/aromatic N) is 1. The molecule has 3 nitrogen and oxygen atoms in total. The first-order chi connectivity index (χ1) is 10.1. The number of aliphatic hydroxyl groups excluding tert-OH is 1. The summed E-state index contributed by atoms with van der Waals surface area (Å²) in [5.41, 5.74) is 0.563. The van der Waals surface area contributed by atoms with Gasteiger partial charge in [-0.25, -0.2) is 4.39 Å². The second-order valence-electron chi connectivity index (χ2n) is 5.71. The van der Waals surface area contributed by atoms with Crippen LogP contribution in [0.25, 0.3) is 0 Å². The Labute approximate surface area is 131 Å². The van der Waals surface area contributed by atoms with Crippen LogP contribution in [0, 0.1) is 5.82 Å². The molecule has 1 heterocycles. The zero-order chi connectivity index (χ0) is 15.2. The molecule has 1 atom stereocenters. The van der Waals surface area contributed by atoms with Crippen molar-refractivity contribution >= 4 is 11.6 Å². The van der Waals surface area contributed by atoms with Gasteiger partial charge in [0.25, 0.3) is 0 Å². The Bertz CT molecular complexity index is 450. The molecule has 2 rings (SSSR count). The molecule has 0 radical (unpaired) electrons. The summed E-state index contributed by atoms with van der Waals surface area (Å²) in [6, 6.07) is 4.89. The van der Waals surface area contributed by atoms with Crippen LogP contribution in [-0.2, 0) is 0 Å². The Morgan fingerprint density at radius 1 is 1.43 bits per heavy atom. The lowest BCUT2D eigenvalue weighted by atomic mass is 10.0. The van der Waals surface area contributed by atoms with E-state index in [1.165, 1.54) is 25.1 Å². The van der Waals surface area contributed by atoms with E-state index in [1.54, 1.807) is 6.07 Å². The summed E-state index contributed by atoms with van der Waals surface area (Å²) in [6.45, 7) is 6.03. The second kappa shape index (κ2) is 8.08. The molecule has 2 N–H and O–H groups in total. The van der Waals surface area contributed by atoms with Crippen molar-refractivity contribution in [3.05, 3.63) is 34.6 Å². The summed E-state index contributed by atoms with van der Waals surface area (Å²) in [4.78, 5) is 2.48. The van der Waals surface area contributed by atoms with E-state index in [0.717, 1.165) is 25.9 Å². The molecule has 1 saturated heterocycles. The zero-order valence-electron chi connectivity index (χ0n) is 12.5. The van der Waals surface area contributed by atoms with Gasteiger partial charge in [-0.2, -0.15) is 0 Å². The van der Waals surface area contributed by atoms with Gasteiger partial charge in [-0.05, 0) is 56.6 Å². The number of benzene rings is 1. The van der Waals surface area contributed by atoms with Gasteiger partial charge in [0, 0.05) is 12.6 Å². The normalized spacial score (nSPS) is 18.9. The fourth-order valence-electron chi connectivity index (χ4n) is 2.79. The maximum Gasteiger partial charge on any atom is 0.142 e. The highest BCUT2D eigenvalue weighted by Crippen LogP contribution is 2.20. The van der Waals surface area contributed by atoms with Gasteiger partial charge in [-0.15, -0.1) is 0 Å². The van der Waals surface area contributed by atoms with Crippen molar-refractivity contribution < 1.29 is 9.50 Å². The molecule has 1 fully saturated rings. The Hall–Kier alpha value is -0.680. The predicted octanol–water partition coefficient (Wildman–Crippen LogP) is 2.98. The van der Waals surface area contributed by atoms with E-state index in [2.05, 4.69) is 17.1 Å². The lowest BCUT2D eigenvalue weighted by Gasteiger charge is -2.32. The van der Waals surface area contributed by atoms with Crippen molar-refractivity contribution in [2.24, 2.45) is 0 Å².